The second kappa shape index (κ2) is 5.42. The van der Waals surface area contributed by atoms with E-state index in [2.05, 4.69) is 4.98 Å². The van der Waals surface area contributed by atoms with Gasteiger partial charge in [0.1, 0.15) is 9.86 Å². The Hall–Kier alpha value is -1.41. The fourth-order valence-electron chi connectivity index (χ4n) is 1.97. The van der Waals surface area contributed by atoms with E-state index in [0.29, 0.717) is 14.9 Å². The van der Waals surface area contributed by atoms with E-state index in [4.69, 9.17) is 11.6 Å². The van der Waals surface area contributed by atoms with Crippen LogP contribution in [0.4, 0.5) is 0 Å². The van der Waals surface area contributed by atoms with Crippen molar-refractivity contribution in [2.24, 2.45) is 0 Å². The van der Waals surface area contributed by atoms with Crippen molar-refractivity contribution >= 4 is 38.6 Å². The molecule has 110 valence electrons. The van der Waals surface area contributed by atoms with Crippen LogP contribution in [0.1, 0.15) is 5.69 Å². The molecular formula is C13H12ClN3O2S2. The zero-order chi connectivity index (χ0) is 15.0. The number of thiophene rings is 1. The number of aromatic nitrogens is 2. The number of nitrogens with zero attached hydrogens (tertiary/aromatic N) is 3. The average Bonchev–Trinajstić information content (AvgIpc) is 3.06. The summed E-state index contributed by atoms with van der Waals surface area (Å²) in [6.07, 6.45) is 3.52. The quantitative estimate of drug-likeness (QED) is 0.733. The lowest BCUT2D eigenvalue weighted by molar-refractivity contribution is 0.464. The van der Waals surface area contributed by atoms with Crippen molar-refractivity contribution in [2.45, 2.75) is 10.8 Å². The Kier molecular flexibility index (Phi) is 3.75. The second-order valence-electron chi connectivity index (χ2n) is 4.54. The van der Waals surface area contributed by atoms with E-state index in [-0.39, 0.29) is 6.54 Å². The van der Waals surface area contributed by atoms with Crippen LogP contribution in [0.25, 0.3) is 5.65 Å². The van der Waals surface area contributed by atoms with E-state index in [1.807, 2.05) is 0 Å². The molecule has 0 fully saturated rings. The van der Waals surface area contributed by atoms with Crippen molar-refractivity contribution in [1.82, 2.24) is 13.7 Å². The molecule has 3 rings (SSSR count). The van der Waals surface area contributed by atoms with Gasteiger partial charge in [-0.1, -0.05) is 17.7 Å². The summed E-state index contributed by atoms with van der Waals surface area (Å²) in [6.45, 7) is 0.208. The molecule has 0 N–H and O–H groups in total. The molecule has 3 heterocycles. The lowest BCUT2D eigenvalue weighted by Crippen LogP contribution is -2.25. The van der Waals surface area contributed by atoms with Gasteiger partial charge in [0.25, 0.3) is 10.0 Å². The van der Waals surface area contributed by atoms with Crippen LogP contribution in [0.5, 0.6) is 0 Å². The Labute approximate surface area is 131 Å². The maximum Gasteiger partial charge on any atom is 0.252 e. The maximum absolute atomic E-state index is 12.3. The maximum atomic E-state index is 12.3. The number of imidazole rings is 1. The SMILES string of the molecule is CN(Cc1cn2cc(Cl)ccc2n1)S(=O)(=O)c1cccs1. The molecule has 3 aromatic heterocycles. The van der Waals surface area contributed by atoms with Gasteiger partial charge in [0.05, 0.1) is 17.3 Å². The van der Waals surface area contributed by atoms with Crippen molar-refractivity contribution in [2.75, 3.05) is 7.05 Å². The van der Waals surface area contributed by atoms with Crippen LogP contribution in [-0.2, 0) is 16.6 Å². The lowest BCUT2D eigenvalue weighted by Gasteiger charge is -2.14. The second-order valence-corrected chi connectivity index (χ2v) is 8.19. The molecule has 0 bridgehead atoms. The molecule has 0 aliphatic rings. The summed E-state index contributed by atoms with van der Waals surface area (Å²) in [5.41, 5.74) is 1.40. The molecule has 0 amide bonds. The predicted octanol–water partition coefficient (Wildman–Crippen LogP) is 2.87. The fraction of sp³-hybridized carbons (Fsp3) is 0.154. The van der Waals surface area contributed by atoms with Gasteiger partial charge in [-0.2, -0.15) is 4.31 Å². The Morgan fingerprint density at radius 1 is 1.33 bits per heavy atom. The van der Waals surface area contributed by atoms with E-state index < -0.39 is 10.0 Å². The van der Waals surface area contributed by atoms with Gasteiger partial charge in [-0.05, 0) is 23.6 Å². The highest BCUT2D eigenvalue weighted by Gasteiger charge is 2.22. The van der Waals surface area contributed by atoms with E-state index >= 15 is 0 Å². The Balaban J connectivity index is 1.88. The van der Waals surface area contributed by atoms with E-state index in [9.17, 15) is 8.42 Å². The molecule has 3 aromatic rings. The van der Waals surface area contributed by atoms with Gasteiger partial charge in [-0.3, -0.25) is 0 Å². The normalized spacial score (nSPS) is 12.3. The highest BCUT2D eigenvalue weighted by molar-refractivity contribution is 7.91. The lowest BCUT2D eigenvalue weighted by atomic mass is 10.5. The highest BCUT2D eigenvalue weighted by Crippen LogP contribution is 2.21. The molecule has 0 aliphatic heterocycles. The molecule has 5 nitrogen and oxygen atoms in total. The predicted molar refractivity (Wildman–Crippen MR) is 83.2 cm³/mol. The number of hydrogen-bond donors (Lipinski definition) is 0. The third kappa shape index (κ3) is 2.82. The summed E-state index contributed by atoms with van der Waals surface area (Å²) >= 11 is 7.12. The van der Waals surface area contributed by atoms with Crippen LogP contribution in [0, 0.1) is 0 Å². The number of pyridine rings is 1. The van der Waals surface area contributed by atoms with Crippen LogP contribution in [0.2, 0.25) is 5.02 Å². The van der Waals surface area contributed by atoms with Crippen LogP contribution in [0.15, 0.2) is 46.2 Å². The molecule has 0 aliphatic carbocycles. The van der Waals surface area contributed by atoms with Crippen molar-refractivity contribution in [3.8, 4) is 0 Å². The molecule has 0 spiro atoms. The Morgan fingerprint density at radius 3 is 2.86 bits per heavy atom. The Morgan fingerprint density at radius 2 is 2.14 bits per heavy atom. The first-order valence-corrected chi connectivity index (χ1v) is 8.79. The van der Waals surface area contributed by atoms with Crippen LogP contribution < -0.4 is 0 Å². The van der Waals surface area contributed by atoms with Gasteiger partial charge >= 0.3 is 0 Å². The number of fused-ring (bicyclic) bond motifs is 1. The van der Waals surface area contributed by atoms with Crippen LogP contribution in [0.3, 0.4) is 0 Å². The van der Waals surface area contributed by atoms with Gasteiger partial charge in [-0.25, -0.2) is 13.4 Å². The smallest absolute Gasteiger partial charge is 0.252 e. The summed E-state index contributed by atoms with van der Waals surface area (Å²) in [4.78, 5) is 4.39. The third-order valence-corrected chi connectivity index (χ3v) is 6.41. The summed E-state index contributed by atoms with van der Waals surface area (Å²) < 4.78 is 28.1. The summed E-state index contributed by atoms with van der Waals surface area (Å²) in [7, 11) is -1.92. The number of hydrogen-bond acceptors (Lipinski definition) is 4. The highest BCUT2D eigenvalue weighted by atomic mass is 35.5. The van der Waals surface area contributed by atoms with Gasteiger partial charge in [0, 0.05) is 19.4 Å². The first-order valence-electron chi connectivity index (χ1n) is 6.10. The molecule has 21 heavy (non-hydrogen) atoms. The molecular weight excluding hydrogens is 330 g/mol. The van der Waals surface area contributed by atoms with Crippen LogP contribution >= 0.6 is 22.9 Å². The minimum absolute atomic E-state index is 0.208. The first kappa shape index (κ1) is 14.5. The fourth-order valence-corrected chi connectivity index (χ4v) is 4.48. The van der Waals surface area contributed by atoms with Crippen molar-refractivity contribution in [3.05, 3.63) is 52.8 Å². The summed E-state index contributed by atoms with van der Waals surface area (Å²) in [5.74, 6) is 0. The summed E-state index contributed by atoms with van der Waals surface area (Å²) in [5, 5.41) is 2.35. The van der Waals surface area contributed by atoms with Gasteiger partial charge in [0.2, 0.25) is 0 Å². The minimum atomic E-state index is -3.46. The van der Waals surface area contributed by atoms with Gasteiger partial charge in [-0.15, -0.1) is 11.3 Å². The molecule has 0 atom stereocenters. The van der Waals surface area contributed by atoms with Gasteiger partial charge < -0.3 is 4.40 Å². The number of rotatable bonds is 4. The molecule has 0 saturated heterocycles. The van der Waals surface area contributed by atoms with Gasteiger partial charge in [0.15, 0.2) is 0 Å². The van der Waals surface area contributed by atoms with E-state index in [0.717, 1.165) is 5.65 Å². The molecule has 0 aromatic carbocycles. The standard InChI is InChI=1S/C13H12ClN3O2S2/c1-16(21(18,19)13-3-2-6-20-13)8-11-9-17-7-10(14)4-5-12(17)15-11/h2-7,9H,8H2,1H3. The molecule has 8 heteroatoms. The number of halogens is 1. The number of sulfonamides is 1. The van der Waals surface area contributed by atoms with Crippen LogP contribution in [-0.4, -0.2) is 29.2 Å². The van der Waals surface area contributed by atoms with E-state index in [1.165, 1.54) is 15.6 Å². The third-order valence-electron chi connectivity index (χ3n) is 3.01. The first-order chi connectivity index (χ1) is 9.96. The molecule has 0 radical (unpaired) electrons. The molecule has 0 saturated carbocycles. The van der Waals surface area contributed by atoms with E-state index in [1.54, 1.807) is 53.5 Å². The monoisotopic (exact) mass is 341 g/mol. The van der Waals surface area contributed by atoms with Crippen molar-refractivity contribution in [3.63, 3.8) is 0 Å². The van der Waals surface area contributed by atoms with Crippen molar-refractivity contribution < 1.29 is 8.42 Å². The van der Waals surface area contributed by atoms with Crippen molar-refractivity contribution in [1.29, 1.82) is 0 Å². The minimum Gasteiger partial charge on any atom is -0.305 e. The topological polar surface area (TPSA) is 54.7 Å². The zero-order valence-electron chi connectivity index (χ0n) is 11.1. The average molecular weight is 342 g/mol. The molecule has 0 unspecified atom stereocenters. The largest absolute Gasteiger partial charge is 0.305 e. The zero-order valence-corrected chi connectivity index (χ0v) is 13.5. The Bertz CT molecular complexity index is 872. The summed E-state index contributed by atoms with van der Waals surface area (Å²) in [6, 6.07) is 6.86.